The van der Waals surface area contributed by atoms with Gasteiger partial charge in [0.25, 0.3) is 0 Å². The van der Waals surface area contributed by atoms with E-state index in [2.05, 4.69) is 4.90 Å². The number of ketones is 1. The van der Waals surface area contributed by atoms with Crippen molar-refractivity contribution in [2.75, 3.05) is 33.4 Å². The van der Waals surface area contributed by atoms with E-state index in [0.29, 0.717) is 31.1 Å². The number of carbonyl (C=O) groups is 1. The lowest BCUT2D eigenvalue weighted by Gasteiger charge is -2.38. The number of Topliss-reactive ketones (excluding diaryl/α,β-unsaturated/α-hetero) is 1. The average molecular weight is 255 g/mol. The molecule has 4 nitrogen and oxygen atoms in total. The Morgan fingerprint density at radius 3 is 2.39 bits per heavy atom. The molecule has 1 saturated heterocycles. The van der Waals surface area contributed by atoms with Crippen LogP contribution in [-0.2, 0) is 14.3 Å². The van der Waals surface area contributed by atoms with Crippen LogP contribution in [0, 0.1) is 0 Å². The Balaban J connectivity index is 1.65. The Bertz CT molecular complexity index is 252. The van der Waals surface area contributed by atoms with E-state index in [9.17, 15) is 4.79 Å². The molecule has 0 N–H and O–H groups in total. The van der Waals surface area contributed by atoms with Crippen LogP contribution in [-0.4, -0.2) is 56.2 Å². The fourth-order valence-corrected chi connectivity index (χ4v) is 3.01. The second-order valence-corrected chi connectivity index (χ2v) is 5.37. The van der Waals surface area contributed by atoms with Crippen LogP contribution in [0.3, 0.4) is 0 Å². The molecule has 1 saturated carbocycles. The van der Waals surface area contributed by atoms with Crippen molar-refractivity contribution < 1.29 is 14.3 Å². The van der Waals surface area contributed by atoms with Gasteiger partial charge in [0.1, 0.15) is 5.78 Å². The fraction of sp³-hybridized carbons (Fsp3) is 0.929. The average Bonchev–Trinajstić information content (AvgIpc) is 2.41. The summed E-state index contributed by atoms with van der Waals surface area (Å²) in [4.78, 5) is 13.7. The van der Waals surface area contributed by atoms with Crippen LogP contribution >= 0.6 is 0 Å². The molecular formula is C14H25NO3. The molecule has 0 atom stereocenters. The third-order valence-corrected chi connectivity index (χ3v) is 4.16. The summed E-state index contributed by atoms with van der Waals surface area (Å²) in [5.41, 5.74) is 0. The minimum Gasteiger partial charge on any atom is -0.382 e. The predicted molar refractivity (Wildman–Crippen MR) is 69.7 cm³/mol. The molecule has 1 aliphatic carbocycles. The Labute approximate surface area is 110 Å². The van der Waals surface area contributed by atoms with Crippen LogP contribution in [0.25, 0.3) is 0 Å². The minimum atomic E-state index is 0.419. The summed E-state index contributed by atoms with van der Waals surface area (Å²) in [6, 6.07) is 0.681. The van der Waals surface area contributed by atoms with Gasteiger partial charge in [-0.25, -0.2) is 0 Å². The number of rotatable bonds is 5. The first kappa shape index (κ1) is 14.0. The topological polar surface area (TPSA) is 38.8 Å². The number of hydrogen-bond acceptors (Lipinski definition) is 4. The maximum absolute atomic E-state index is 11.2. The zero-order valence-electron chi connectivity index (χ0n) is 11.4. The standard InChI is InChI=1S/C14H25NO3/c1-17-10-11-18-14-4-2-12(3-5-14)15-8-6-13(16)7-9-15/h12,14H,2-11H2,1H3/t12-,14-. The molecule has 0 radical (unpaired) electrons. The van der Waals surface area contributed by atoms with Gasteiger partial charge in [0.2, 0.25) is 0 Å². The first-order valence-electron chi connectivity index (χ1n) is 7.16. The summed E-state index contributed by atoms with van der Waals surface area (Å²) in [5, 5.41) is 0. The zero-order valence-corrected chi connectivity index (χ0v) is 11.4. The molecule has 1 aliphatic heterocycles. The summed E-state index contributed by atoms with van der Waals surface area (Å²) >= 11 is 0. The molecule has 0 aromatic carbocycles. The molecular weight excluding hydrogens is 230 g/mol. The highest BCUT2D eigenvalue weighted by Gasteiger charge is 2.28. The summed E-state index contributed by atoms with van der Waals surface area (Å²) in [6.07, 6.45) is 6.66. The van der Waals surface area contributed by atoms with Gasteiger partial charge < -0.3 is 9.47 Å². The van der Waals surface area contributed by atoms with Gasteiger partial charge >= 0.3 is 0 Å². The Kier molecular flexibility index (Phi) is 5.60. The Morgan fingerprint density at radius 2 is 1.78 bits per heavy atom. The van der Waals surface area contributed by atoms with Gasteiger partial charge in [0.05, 0.1) is 19.3 Å². The van der Waals surface area contributed by atoms with Crippen LogP contribution in [0.15, 0.2) is 0 Å². The molecule has 0 amide bonds. The third-order valence-electron chi connectivity index (χ3n) is 4.16. The van der Waals surface area contributed by atoms with Gasteiger partial charge in [0.15, 0.2) is 0 Å². The van der Waals surface area contributed by atoms with Crippen molar-refractivity contribution in [3.63, 3.8) is 0 Å². The van der Waals surface area contributed by atoms with E-state index in [4.69, 9.17) is 9.47 Å². The van der Waals surface area contributed by atoms with Crippen molar-refractivity contribution >= 4 is 5.78 Å². The van der Waals surface area contributed by atoms with Crippen LogP contribution in [0.1, 0.15) is 38.5 Å². The number of hydrogen-bond donors (Lipinski definition) is 0. The molecule has 0 aromatic heterocycles. The van der Waals surface area contributed by atoms with Crippen LogP contribution in [0.2, 0.25) is 0 Å². The summed E-state index contributed by atoms with van der Waals surface area (Å²) in [7, 11) is 1.71. The number of ether oxygens (including phenoxy) is 2. The lowest BCUT2D eigenvalue weighted by atomic mass is 9.90. The summed E-state index contributed by atoms with van der Waals surface area (Å²) in [6.45, 7) is 3.34. The first-order chi connectivity index (χ1) is 8.79. The van der Waals surface area contributed by atoms with E-state index in [0.717, 1.165) is 38.8 Å². The molecule has 2 aliphatic rings. The van der Waals surface area contributed by atoms with E-state index in [-0.39, 0.29) is 0 Å². The molecule has 0 bridgehead atoms. The smallest absolute Gasteiger partial charge is 0.135 e. The van der Waals surface area contributed by atoms with Gasteiger partial charge in [-0.3, -0.25) is 9.69 Å². The largest absolute Gasteiger partial charge is 0.382 e. The summed E-state index contributed by atoms with van der Waals surface area (Å²) in [5.74, 6) is 0.433. The molecule has 0 unspecified atom stereocenters. The second kappa shape index (κ2) is 7.22. The van der Waals surface area contributed by atoms with Gasteiger partial charge in [-0.2, -0.15) is 0 Å². The number of likely N-dealkylation sites (tertiary alicyclic amines) is 1. The number of carbonyl (C=O) groups excluding carboxylic acids is 1. The van der Waals surface area contributed by atoms with E-state index < -0.39 is 0 Å². The summed E-state index contributed by atoms with van der Waals surface area (Å²) < 4.78 is 10.8. The van der Waals surface area contributed by atoms with Crippen LogP contribution in [0.4, 0.5) is 0 Å². The quantitative estimate of drug-likeness (QED) is 0.700. The monoisotopic (exact) mass is 255 g/mol. The van der Waals surface area contributed by atoms with Gasteiger partial charge in [-0.1, -0.05) is 0 Å². The third kappa shape index (κ3) is 4.04. The van der Waals surface area contributed by atoms with Crippen molar-refractivity contribution in [3.8, 4) is 0 Å². The SMILES string of the molecule is COCCO[C@H]1CC[C@H](N2CCC(=O)CC2)CC1. The Morgan fingerprint density at radius 1 is 1.11 bits per heavy atom. The zero-order chi connectivity index (χ0) is 12.8. The van der Waals surface area contributed by atoms with Crippen molar-refractivity contribution in [1.82, 2.24) is 4.90 Å². The van der Waals surface area contributed by atoms with Gasteiger partial charge in [-0.05, 0) is 25.7 Å². The minimum absolute atomic E-state index is 0.419. The van der Waals surface area contributed by atoms with E-state index in [1.165, 1.54) is 12.8 Å². The maximum atomic E-state index is 11.2. The Hall–Kier alpha value is -0.450. The molecule has 4 heteroatoms. The predicted octanol–water partition coefficient (Wildman–Crippen LogP) is 1.63. The van der Waals surface area contributed by atoms with E-state index in [1.807, 2.05) is 0 Å². The first-order valence-corrected chi connectivity index (χ1v) is 7.16. The highest BCUT2D eigenvalue weighted by atomic mass is 16.5. The van der Waals surface area contributed by atoms with E-state index in [1.54, 1.807) is 7.11 Å². The van der Waals surface area contributed by atoms with Crippen molar-refractivity contribution in [2.45, 2.75) is 50.7 Å². The van der Waals surface area contributed by atoms with E-state index >= 15 is 0 Å². The van der Waals surface area contributed by atoms with Crippen molar-refractivity contribution in [1.29, 1.82) is 0 Å². The molecule has 18 heavy (non-hydrogen) atoms. The van der Waals surface area contributed by atoms with Gasteiger partial charge in [0, 0.05) is 39.1 Å². The van der Waals surface area contributed by atoms with Crippen molar-refractivity contribution in [2.24, 2.45) is 0 Å². The number of methoxy groups -OCH3 is 1. The number of nitrogens with zero attached hydrogens (tertiary/aromatic N) is 1. The molecule has 2 rings (SSSR count). The maximum Gasteiger partial charge on any atom is 0.135 e. The normalized spacial score (nSPS) is 30.6. The fourth-order valence-electron chi connectivity index (χ4n) is 3.01. The van der Waals surface area contributed by atoms with Gasteiger partial charge in [-0.15, -0.1) is 0 Å². The molecule has 0 aromatic rings. The lowest BCUT2D eigenvalue weighted by molar-refractivity contribution is -0.122. The highest BCUT2D eigenvalue weighted by molar-refractivity contribution is 5.79. The van der Waals surface area contributed by atoms with Crippen LogP contribution < -0.4 is 0 Å². The highest BCUT2D eigenvalue weighted by Crippen LogP contribution is 2.26. The molecule has 2 fully saturated rings. The second-order valence-electron chi connectivity index (χ2n) is 5.37. The number of piperidine rings is 1. The molecule has 104 valence electrons. The molecule has 0 spiro atoms. The molecule has 1 heterocycles. The lowest BCUT2D eigenvalue weighted by Crippen LogP contribution is -2.44. The van der Waals surface area contributed by atoms with Crippen LogP contribution in [0.5, 0.6) is 0 Å². The van der Waals surface area contributed by atoms with Crippen molar-refractivity contribution in [3.05, 3.63) is 0 Å².